The van der Waals surface area contributed by atoms with E-state index < -0.39 is 114 Å². The molecule has 5 heterocycles. The predicted octanol–water partition coefficient (Wildman–Crippen LogP) is 5.85. The zero-order valence-electron chi connectivity index (χ0n) is 54.3. The Hall–Kier alpha value is -5.50. The number of aliphatic hydroxyl groups is 3. The molecule has 498 valence electrons. The molecule has 5 aliphatic rings. The van der Waals surface area contributed by atoms with Crippen molar-refractivity contribution in [2.75, 3.05) is 72.2 Å². The van der Waals surface area contributed by atoms with E-state index in [2.05, 4.69) is 15.3 Å². The normalized spacial score (nSPS) is 34.4. The Kier molecular flexibility index (Phi) is 28.8. The Morgan fingerprint density at radius 1 is 0.809 bits per heavy atom. The molecule has 1 aromatic rings. The van der Waals surface area contributed by atoms with E-state index in [9.17, 15) is 44.1 Å². The molecule has 0 unspecified atom stereocenters. The zero-order chi connectivity index (χ0) is 65.0. The highest BCUT2D eigenvalue weighted by molar-refractivity contribution is 6.39. The minimum Gasteiger partial charge on any atom is -0.459 e. The van der Waals surface area contributed by atoms with E-state index in [1.54, 1.807) is 53.5 Å². The van der Waals surface area contributed by atoms with Crippen molar-refractivity contribution in [1.82, 2.24) is 25.1 Å². The first-order valence-electron chi connectivity index (χ1n) is 32.3. The van der Waals surface area contributed by atoms with Gasteiger partial charge in [0.15, 0.2) is 5.78 Å². The molecule has 23 nitrogen and oxygen atoms in total. The van der Waals surface area contributed by atoms with Crippen LogP contribution in [0.5, 0.6) is 0 Å². The number of alkyl carbamates (subject to hydrolysis) is 1. The standard InChI is InChI=1S/C66H103N7O16/c1-11-30-86-31-24-57(74)71-26-28-72(29-27-71)64-68-38-48(39-69-64)40-70-65(81)88-52-23-21-47(35-56(52)85-10)34-50(67)55-37-54(84-9)43(4)33-45(6)59(76)60(77)58(75)44(5)32-41(2)17-13-12-14-18-42(3)53(83-8)36-49-22-20-46(7)66(82,89-49)61(78)62(79)73-25-16-15-19-51(73)63(80)87-55/h12-14,17-18,33,38-39,41,43-44,46-47,49-56,59-60,76-77,82H,11,15-16,19-32,34-37,40,67H2,1-10H3,(H,70,81)/b14-12+,17-13+,42-18+,45-33+/t41-,43-,44-,46-,47+,49+,50-,51+,52-,53+,54-,55+,56-,59-,60+,66-/m1/s1. The van der Waals surface area contributed by atoms with Crippen LogP contribution in [0.3, 0.4) is 0 Å². The Labute approximate surface area is 526 Å². The quantitative estimate of drug-likeness (QED) is 0.0595. The summed E-state index contributed by atoms with van der Waals surface area (Å²) in [7, 11) is 4.61. The molecule has 16 atom stereocenters. The summed E-state index contributed by atoms with van der Waals surface area (Å²) in [4.78, 5) is 97.3. The molecule has 4 fully saturated rings. The number of Topliss-reactive ketones (excluding diaryl/α,β-unsaturated/α-hetero) is 2. The fourth-order valence-corrected chi connectivity index (χ4v) is 12.9. The molecule has 3 saturated heterocycles. The van der Waals surface area contributed by atoms with Gasteiger partial charge in [-0.1, -0.05) is 71.1 Å². The molecule has 2 bridgehead atoms. The second-order valence-electron chi connectivity index (χ2n) is 25.3. The van der Waals surface area contributed by atoms with Crippen molar-refractivity contribution >= 4 is 41.4 Å². The van der Waals surface area contributed by atoms with Gasteiger partial charge in [-0.25, -0.2) is 19.6 Å². The van der Waals surface area contributed by atoms with Crippen molar-refractivity contribution in [2.45, 2.75) is 212 Å². The number of carbonyl (C=O) groups excluding carboxylic acids is 6. The number of esters is 1. The number of rotatable bonds is 15. The number of nitrogens with one attached hydrogen (secondary N) is 1. The summed E-state index contributed by atoms with van der Waals surface area (Å²) >= 11 is 0. The van der Waals surface area contributed by atoms with Gasteiger partial charge in [0, 0.05) is 122 Å². The van der Waals surface area contributed by atoms with Gasteiger partial charge >= 0.3 is 12.1 Å². The molecule has 0 radical (unpaired) electrons. The summed E-state index contributed by atoms with van der Waals surface area (Å²) in [6.45, 7) is 16.3. The summed E-state index contributed by atoms with van der Waals surface area (Å²) in [6.07, 6.45) is 12.6. The summed E-state index contributed by atoms with van der Waals surface area (Å²) in [5.41, 5.74) is 9.00. The molecule has 89 heavy (non-hydrogen) atoms. The van der Waals surface area contributed by atoms with Crippen LogP contribution in [0.4, 0.5) is 10.7 Å². The number of piperidine rings is 1. The van der Waals surface area contributed by atoms with Crippen molar-refractivity contribution in [3.8, 4) is 0 Å². The van der Waals surface area contributed by atoms with Gasteiger partial charge in [0.05, 0.1) is 37.4 Å². The van der Waals surface area contributed by atoms with Gasteiger partial charge in [0.2, 0.25) is 17.6 Å². The zero-order valence-corrected chi connectivity index (χ0v) is 54.3. The molecule has 4 aliphatic heterocycles. The number of hydrogen-bond donors (Lipinski definition) is 5. The Balaban J connectivity index is 1.15. The van der Waals surface area contributed by atoms with Crippen molar-refractivity contribution < 1.29 is 77.2 Å². The highest BCUT2D eigenvalue weighted by atomic mass is 16.6. The minimum absolute atomic E-state index is 0.0435. The number of methoxy groups -OCH3 is 3. The number of nitrogens with zero attached hydrogens (tertiary/aromatic N) is 5. The second-order valence-corrected chi connectivity index (χ2v) is 25.3. The van der Waals surface area contributed by atoms with Crippen molar-refractivity contribution in [1.29, 1.82) is 0 Å². The van der Waals surface area contributed by atoms with Gasteiger partial charge in [0.25, 0.3) is 11.7 Å². The molecule has 0 spiro atoms. The van der Waals surface area contributed by atoms with Gasteiger partial charge in [-0.15, -0.1) is 0 Å². The average molecular weight is 1250 g/mol. The molecule has 1 aliphatic carbocycles. The minimum atomic E-state index is -2.47. The Morgan fingerprint density at radius 2 is 1.53 bits per heavy atom. The van der Waals surface area contributed by atoms with Crippen LogP contribution in [0.1, 0.15) is 144 Å². The number of hydrogen-bond acceptors (Lipinski definition) is 20. The van der Waals surface area contributed by atoms with Gasteiger partial charge in [-0.3, -0.25) is 19.2 Å². The highest BCUT2D eigenvalue weighted by Crippen LogP contribution is 2.38. The van der Waals surface area contributed by atoms with Gasteiger partial charge in [-0.2, -0.15) is 0 Å². The van der Waals surface area contributed by atoms with E-state index in [4.69, 9.17) is 38.9 Å². The molecule has 0 aromatic carbocycles. The SMILES string of the molecule is CCCOCCC(=O)N1CCN(c2ncc(CNC(=O)O[C@@H]3CC[C@@H](C[C@@H](N)[C@@H]4C[C@@H](OC)[C@H](C)/C=C(\C)[C@@H](O)[C@@H](O)C(=O)[C@H](C)C[C@H](C)/C=C/C=C/C=C(\C)[C@@H](OC)C[C@@H]5CC[C@@H](C)[C@@](O)(O5)C(=O)C(=O)N5CCCC[C@H]5C(=O)O4)C[C@H]3OC)cn2)CC1. The van der Waals surface area contributed by atoms with Crippen molar-refractivity contribution in [3.05, 3.63) is 65.6 Å². The Bertz CT molecular complexity index is 2590. The van der Waals surface area contributed by atoms with E-state index in [-0.39, 0.29) is 50.1 Å². The lowest BCUT2D eigenvalue weighted by atomic mass is 9.80. The van der Waals surface area contributed by atoms with Gasteiger partial charge < -0.3 is 74.2 Å². The number of nitrogens with two attached hydrogens (primary N) is 1. The summed E-state index contributed by atoms with van der Waals surface area (Å²) in [5.74, 6) is -7.32. The summed E-state index contributed by atoms with van der Waals surface area (Å²) < 4.78 is 41.9. The molecule has 1 aromatic heterocycles. The third-order valence-corrected chi connectivity index (χ3v) is 18.5. The lowest BCUT2D eigenvalue weighted by Gasteiger charge is -2.43. The maximum Gasteiger partial charge on any atom is 0.407 e. The third kappa shape index (κ3) is 20.5. The number of aliphatic hydroxyl groups excluding tert-OH is 2. The summed E-state index contributed by atoms with van der Waals surface area (Å²) in [6, 6.07) is -2.02. The van der Waals surface area contributed by atoms with Crippen LogP contribution in [-0.2, 0) is 63.7 Å². The molecule has 6 rings (SSSR count). The molecule has 23 heteroatoms. The number of carbonyl (C=O) groups is 6. The number of allylic oxidation sites excluding steroid dienone is 5. The smallest absolute Gasteiger partial charge is 0.407 e. The molecule has 6 N–H and O–H groups in total. The predicted molar refractivity (Wildman–Crippen MR) is 333 cm³/mol. The lowest BCUT2D eigenvalue weighted by molar-refractivity contribution is -0.265. The second kappa shape index (κ2) is 35.4. The maximum absolute atomic E-state index is 14.8. The first kappa shape index (κ1) is 72.6. The fraction of sp³-hybridized carbons (Fsp3) is 0.727. The number of anilines is 1. The van der Waals surface area contributed by atoms with Crippen LogP contribution < -0.4 is 16.0 Å². The highest BCUT2D eigenvalue weighted by Gasteiger charge is 2.53. The molecular formula is C66H103N7O16. The van der Waals surface area contributed by atoms with E-state index in [1.807, 2.05) is 67.9 Å². The lowest BCUT2D eigenvalue weighted by Crippen LogP contribution is -2.61. The summed E-state index contributed by atoms with van der Waals surface area (Å²) in [5, 5.41) is 37.6. The number of aromatic nitrogens is 2. The number of cyclic esters (lactones) is 1. The van der Waals surface area contributed by atoms with Crippen LogP contribution in [0.15, 0.2) is 60.0 Å². The Morgan fingerprint density at radius 3 is 2.21 bits per heavy atom. The van der Waals surface area contributed by atoms with Gasteiger partial charge in [-0.05, 0) is 107 Å². The van der Waals surface area contributed by atoms with E-state index in [0.717, 1.165) is 12.0 Å². The topological polar surface area (TPSA) is 301 Å². The van der Waals surface area contributed by atoms with Crippen molar-refractivity contribution in [2.24, 2.45) is 35.3 Å². The maximum atomic E-state index is 14.8. The number of ketones is 2. The third-order valence-electron chi connectivity index (χ3n) is 18.5. The monoisotopic (exact) mass is 1250 g/mol. The van der Waals surface area contributed by atoms with Crippen LogP contribution in [-0.4, -0.2) is 205 Å². The molecule has 3 amide bonds. The first-order chi connectivity index (χ1) is 42.5. The largest absolute Gasteiger partial charge is 0.459 e. The van der Waals surface area contributed by atoms with Crippen molar-refractivity contribution in [3.63, 3.8) is 0 Å². The molecular weight excluding hydrogens is 1150 g/mol. The first-order valence-corrected chi connectivity index (χ1v) is 32.3. The van der Waals surface area contributed by atoms with Crippen LogP contribution >= 0.6 is 0 Å². The van der Waals surface area contributed by atoms with E-state index >= 15 is 0 Å². The van der Waals surface area contributed by atoms with Gasteiger partial charge in [0.1, 0.15) is 30.5 Å². The number of ether oxygens (including phenoxy) is 7. The van der Waals surface area contributed by atoms with Crippen LogP contribution in [0.25, 0.3) is 0 Å². The number of piperazine rings is 1. The van der Waals surface area contributed by atoms with E-state index in [1.165, 1.54) is 12.0 Å². The number of fused-ring (bicyclic) bond motifs is 3. The van der Waals surface area contributed by atoms with Crippen LogP contribution in [0, 0.1) is 29.6 Å². The number of amides is 3. The van der Waals surface area contributed by atoms with E-state index in [0.29, 0.717) is 121 Å². The average Bonchev–Trinajstić information content (AvgIpc) is 3.30. The van der Waals surface area contributed by atoms with Crippen LogP contribution in [0.2, 0.25) is 0 Å². The molecule has 1 saturated carbocycles. The fourth-order valence-electron chi connectivity index (χ4n) is 12.9.